The van der Waals surface area contributed by atoms with Crippen molar-refractivity contribution in [2.45, 2.75) is 19.8 Å². The van der Waals surface area contributed by atoms with E-state index in [1.165, 1.54) is 0 Å². The van der Waals surface area contributed by atoms with Crippen molar-refractivity contribution in [3.63, 3.8) is 0 Å². The maximum absolute atomic E-state index is 10.5. The summed E-state index contributed by atoms with van der Waals surface area (Å²) in [6.07, 6.45) is 1.83. The monoisotopic (exact) mass is 129 g/mol. The fourth-order valence-corrected chi connectivity index (χ4v) is 0.360. The first kappa shape index (κ1) is 6.33. The molecule has 0 saturated heterocycles. The van der Waals surface area contributed by atoms with Crippen molar-refractivity contribution in [2.24, 2.45) is 0 Å². The average molecular weight is 129 g/mol. The minimum Gasteiger partial charge on any atom is -0.463 e. The molecule has 0 heterocycles. The smallest absolute Gasteiger partial charge is 0.330 e. The third-order valence-electron chi connectivity index (χ3n) is 0.875. The summed E-state index contributed by atoms with van der Waals surface area (Å²) in [6.45, 7) is 5.53. The molecule has 0 aromatic heterocycles. The van der Waals surface area contributed by atoms with E-state index in [1.807, 2.05) is 6.92 Å². The average Bonchev–Trinajstić information content (AvgIpc) is 1.88. The minimum absolute atomic E-state index is 0.281. The zero-order valence-electron chi connectivity index (χ0n) is 6.64. The first-order valence-corrected chi connectivity index (χ1v) is 3.01. The van der Waals surface area contributed by atoms with Gasteiger partial charge in [-0.05, 0) is 6.42 Å². The van der Waals surface area contributed by atoms with Gasteiger partial charge in [0, 0.05) is 6.05 Å². The summed E-state index contributed by atoms with van der Waals surface area (Å²) < 4.78 is 11.4. The van der Waals surface area contributed by atoms with Crippen LogP contribution in [-0.4, -0.2) is 12.6 Å². The molecule has 0 atom stereocenters. The number of esters is 1. The van der Waals surface area contributed by atoms with E-state index in [1.54, 1.807) is 0 Å². The molecule has 0 aromatic rings. The van der Waals surface area contributed by atoms with E-state index >= 15 is 0 Å². The second-order valence-electron chi connectivity index (χ2n) is 1.67. The number of hydrogen-bond donors (Lipinski definition) is 0. The molecule has 2 heteroatoms. The van der Waals surface area contributed by atoms with Gasteiger partial charge in [0.25, 0.3) is 0 Å². The number of carbonyl (C=O) groups excluding carboxylic acids is 1. The lowest BCUT2D eigenvalue weighted by molar-refractivity contribution is -0.137. The summed E-state index contributed by atoms with van der Waals surface area (Å²) in [5.41, 5.74) is 0. The molecule has 0 aromatic carbocycles. The standard InChI is InChI=1S/C7H12O2/c1-3-5-6-9-7(8)4-2/h4H,2-3,5-6H2,1H3/i4D. The molecule has 0 spiro atoms. The third-order valence-corrected chi connectivity index (χ3v) is 0.875. The quantitative estimate of drug-likeness (QED) is 0.327. The Kier molecular flexibility index (Phi) is 3.76. The summed E-state index contributed by atoms with van der Waals surface area (Å²) >= 11 is 0. The van der Waals surface area contributed by atoms with Crippen LogP contribution in [0.3, 0.4) is 0 Å². The molecule has 0 unspecified atom stereocenters. The molecular weight excluding hydrogens is 116 g/mol. The number of ether oxygens (including phenoxy) is 1. The van der Waals surface area contributed by atoms with E-state index in [-0.39, 0.29) is 6.05 Å². The van der Waals surface area contributed by atoms with Crippen LogP contribution < -0.4 is 0 Å². The predicted octanol–water partition coefficient (Wildman–Crippen LogP) is 1.52. The maximum Gasteiger partial charge on any atom is 0.330 e. The van der Waals surface area contributed by atoms with Gasteiger partial charge in [0.2, 0.25) is 0 Å². The van der Waals surface area contributed by atoms with Gasteiger partial charge in [0.05, 0.1) is 7.98 Å². The normalized spacial score (nSPS) is 10.1. The molecule has 0 rings (SSSR count). The molecule has 52 valence electrons. The highest BCUT2D eigenvalue weighted by atomic mass is 16.5. The first-order valence-electron chi connectivity index (χ1n) is 3.51. The summed E-state index contributed by atoms with van der Waals surface area (Å²) in [5, 5.41) is 0. The number of unbranched alkanes of at least 4 members (excludes halogenated alkanes) is 1. The molecule has 0 aliphatic rings. The highest BCUT2D eigenvalue weighted by Crippen LogP contribution is 1.88. The van der Waals surface area contributed by atoms with Crippen molar-refractivity contribution in [3.8, 4) is 0 Å². The minimum atomic E-state index is -0.617. The summed E-state index contributed by atoms with van der Waals surface area (Å²) in [4.78, 5) is 10.5. The van der Waals surface area contributed by atoms with Gasteiger partial charge < -0.3 is 4.74 Å². The Morgan fingerprint density at radius 1 is 2.00 bits per heavy atom. The van der Waals surface area contributed by atoms with Crippen LogP contribution in [0.4, 0.5) is 0 Å². The Morgan fingerprint density at radius 3 is 3.11 bits per heavy atom. The van der Waals surface area contributed by atoms with Crippen LogP contribution in [0.2, 0.25) is 0 Å². The van der Waals surface area contributed by atoms with E-state index in [0.717, 1.165) is 12.8 Å². The Labute approximate surface area is 56.9 Å². The number of carbonyl (C=O) groups is 1. The predicted molar refractivity (Wildman–Crippen MR) is 36.1 cm³/mol. The van der Waals surface area contributed by atoms with Gasteiger partial charge in [-0.3, -0.25) is 0 Å². The fourth-order valence-electron chi connectivity index (χ4n) is 0.360. The molecule has 0 saturated carbocycles. The molecule has 0 bridgehead atoms. The lowest BCUT2D eigenvalue weighted by atomic mass is 10.4. The molecular formula is C7H12O2. The molecule has 0 fully saturated rings. The van der Waals surface area contributed by atoms with Crippen LogP contribution in [-0.2, 0) is 9.53 Å². The second-order valence-corrected chi connectivity index (χ2v) is 1.67. The zero-order valence-corrected chi connectivity index (χ0v) is 5.64. The van der Waals surface area contributed by atoms with Gasteiger partial charge in [-0.15, -0.1) is 0 Å². The molecule has 2 nitrogen and oxygen atoms in total. The second kappa shape index (κ2) is 5.35. The fraction of sp³-hybridized carbons (Fsp3) is 0.571. The summed E-state index contributed by atoms with van der Waals surface area (Å²) in [5.74, 6) is -0.617. The summed E-state index contributed by atoms with van der Waals surface area (Å²) in [7, 11) is 0. The molecule has 0 N–H and O–H groups in total. The number of rotatable bonds is 4. The van der Waals surface area contributed by atoms with E-state index in [2.05, 4.69) is 11.3 Å². The number of hydrogen-bond acceptors (Lipinski definition) is 2. The van der Waals surface area contributed by atoms with E-state index < -0.39 is 5.97 Å². The lowest BCUT2D eigenvalue weighted by Crippen LogP contribution is -2.00. The zero-order chi connectivity index (χ0) is 7.98. The van der Waals surface area contributed by atoms with Gasteiger partial charge in [0.15, 0.2) is 0 Å². The Balaban J connectivity index is 3.31. The van der Waals surface area contributed by atoms with Crippen LogP contribution in [0.1, 0.15) is 21.1 Å². The van der Waals surface area contributed by atoms with Crippen molar-refractivity contribution < 1.29 is 10.9 Å². The van der Waals surface area contributed by atoms with Crippen LogP contribution in [0.15, 0.2) is 12.6 Å². The van der Waals surface area contributed by atoms with Crippen molar-refractivity contribution in [3.05, 3.63) is 12.6 Å². The lowest BCUT2D eigenvalue weighted by Gasteiger charge is -1.97. The van der Waals surface area contributed by atoms with Gasteiger partial charge >= 0.3 is 5.97 Å². The van der Waals surface area contributed by atoms with Crippen LogP contribution >= 0.6 is 0 Å². The first-order chi connectivity index (χ1) is 4.68. The third kappa shape index (κ3) is 5.07. The maximum atomic E-state index is 10.5. The van der Waals surface area contributed by atoms with Crippen LogP contribution in [0.5, 0.6) is 0 Å². The molecule has 0 amide bonds. The van der Waals surface area contributed by atoms with Gasteiger partial charge in [-0.25, -0.2) is 4.79 Å². The Morgan fingerprint density at radius 2 is 2.67 bits per heavy atom. The van der Waals surface area contributed by atoms with E-state index in [4.69, 9.17) is 1.37 Å². The Bertz CT molecular complexity index is 132. The van der Waals surface area contributed by atoms with E-state index in [0.29, 0.717) is 6.61 Å². The van der Waals surface area contributed by atoms with Crippen LogP contribution in [0.25, 0.3) is 0 Å². The molecule has 9 heavy (non-hydrogen) atoms. The largest absolute Gasteiger partial charge is 0.463 e. The van der Waals surface area contributed by atoms with Crippen molar-refractivity contribution in [2.75, 3.05) is 6.61 Å². The Hall–Kier alpha value is -0.790. The SMILES string of the molecule is [2H]C(=C)C(=O)OCCCC. The van der Waals surface area contributed by atoms with Gasteiger partial charge in [-0.2, -0.15) is 0 Å². The molecule has 0 aliphatic heterocycles. The molecule has 0 radical (unpaired) electrons. The van der Waals surface area contributed by atoms with Crippen molar-refractivity contribution in [1.82, 2.24) is 0 Å². The summed E-state index contributed by atoms with van der Waals surface area (Å²) in [6, 6.07) is -0.281. The highest BCUT2D eigenvalue weighted by Gasteiger charge is 1.91. The topological polar surface area (TPSA) is 26.3 Å². The molecule has 0 aliphatic carbocycles. The van der Waals surface area contributed by atoms with Crippen molar-refractivity contribution >= 4 is 5.97 Å². The van der Waals surface area contributed by atoms with Gasteiger partial charge in [-0.1, -0.05) is 19.9 Å². The van der Waals surface area contributed by atoms with E-state index in [9.17, 15) is 4.79 Å². The highest BCUT2D eigenvalue weighted by molar-refractivity contribution is 5.81. The van der Waals surface area contributed by atoms with Gasteiger partial charge in [0.1, 0.15) is 0 Å². The van der Waals surface area contributed by atoms with Crippen molar-refractivity contribution in [1.29, 1.82) is 0 Å². The van der Waals surface area contributed by atoms with Crippen LogP contribution in [0, 0.1) is 0 Å².